The number of hydrogen-bond donors (Lipinski definition) is 1. The highest BCUT2D eigenvalue weighted by Crippen LogP contribution is 2.32. The summed E-state index contributed by atoms with van der Waals surface area (Å²) in [7, 11) is 1.63. The molecule has 0 atom stereocenters. The van der Waals surface area contributed by atoms with Crippen molar-refractivity contribution >= 4 is 16.8 Å². The molecule has 1 N–H and O–H groups in total. The Morgan fingerprint density at radius 1 is 1.22 bits per heavy atom. The maximum atomic E-state index is 12.7. The second kappa shape index (κ2) is 5.54. The molecule has 1 amide bonds. The van der Waals surface area contributed by atoms with Gasteiger partial charge < -0.3 is 24.1 Å². The van der Waals surface area contributed by atoms with Crippen LogP contribution in [0.4, 0.5) is 0 Å². The molecule has 0 unspecified atom stereocenters. The predicted molar refractivity (Wildman–Crippen MR) is 84.6 cm³/mol. The number of methoxy groups -OCH3 is 1. The van der Waals surface area contributed by atoms with Gasteiger partial charge in [0.05, 0.1) is 20.3 Å². The predicted octanol–water partition coefficient (Wildman–Crippen LogP) is 2.16. The minimum atomic E-state index is -0.454. The molecule has 6 nitrogen and oxygen atoms in total. The molecular formula is C17H20N2O4. The lowest BCUT2D eigenvalue weighted by Gasteiger charge is -2.37. The lowest BCUT2D eigenvalue weighted by molar-refractivity contribution is -0.181. The van der Waals surface area contributed by atoms with Gasteiger partial charge in [-0.1, -0.05) is 0 Å². The maximum absolute atomic E-state index is 12.7. The number of piperidine rings is 1. The number of amides is 1. The molecule has 0 radical (unpaired) electrons. The Balaban J connectivity index is 1.50. The molecule has 0 saturated carbocycles. The Labute approximate surface area is 134 Å². The van der Waals surface area contributed by atoms with Crippen LogP contribution in [0.5, 0.6) is 5.75 Å². The molecule has 2 saturated heterocycles. The Morgan fingerprint density at radius 2 is 1.96 bits per heavy atom. The molecule has 2 aliphatic heterocycles. The molecular weight excluding hydrogens is 296 g/mol. The Bertz CT molecular complexity index is 723. The molecule has 2 fully saturated rings. The molecule has 0 bridgehead atoms. The monoisotopic (exact) mass is 316 g/mol. The van der Waals surface area contributed by atoms with Crippen LogP contribution in [0.1, 0.15) is 23.3 Å². The highest BCUT2D eigenvalue weighted by atomic mass is 16.7. The molecule has 23 heavy (non-hydrogen) atoms. The van der Waals surface area contributed by atoms with Gasteiger partial charge in [0, 0.05) is 42.9 Å². The number of ether oxygens (including phenoxy) is 3. The van der Waals surface area contributed by atoms with Crippen molar-refractivity contribution in [2.24, 2.45) is 0 Å². The fourth-order valence-electron chi connectivity index (χ4n) is 3.35. The van der Waals surface area contributed by atoms with Crippen molar-refractivity contribution in [1.29, 1.82) is 0 Å². The van der Waals surface area contributed by atoms with Crippen LogP contribution in [0.3, 0.4) is 0 Å². The van der Waals surface area contributed by atoms with Gasteiger partial charge in [0.2, 0.25) is 0 Å². The summed E-state index contributed by atoms with van der Waals surface area (Å²) in [6.45, 7) is 2.60. The first-order valence-electron chi connectivity index (χ1n) is 7.93. The summed E-state index contributed by atoms with van der Waals surface area (Å²) < 4.78 is 16.6. The zero-order valence-electron chi connectivity index (χ0n) is 13.1. The van der Waals surface area contributed by atoms with E-state index in [0.717, 1.165) is 29.5 Å². The number of hydrogen-bond acceptors (Lipinski definition) is 4. The molecule has 1 aromatic heterocycles. The summed E-state index contributed by atoms with van der Waals surface area (Å²) in [4.78, 5) is 17.8. The van der Waals surface area contributed by atoms with Gasteiger partial charge in [-0.15, -0.1) is 0 Å². The van der Waals surface area contributed by atoms with Crippen LogP contribution in [0.25, 0.3) is 10.9 Å². The van der Waals surface area contributed by atoms with Crippen LogP contribution in [-0.2, 0) is 9.47 Å². The van der Waals surface area contributed by atoms with Gasteiger partial charge in [0.1, 0.15) is 11.4 Å². The highest BCUT2D eigenvalue weighted by Gasteiger charge is 2.41. The first kappa shape index (κ1) is 14.5. The number of nitrogens with zero attached hydrogens (tertiary/aromatic N) is 1. The number of benzene rings is 1. The van der Waals surface area contributed by atoms with Crippen LogP contribution in [0, 0.1) is 0 Å². The van der Waals surface area contributed by atoms with Crippen LogP contribution < -0.4 is 4.74 Å². The lowest BCUT2D eigenvalue weighted by atomic mass is 10.0. The second-order valence-corrected chi connectivity index (χ2v) is 6.04. The molecule has 4 rings (SSSR count). The van der Waals surface area contributed by atoms with Crippen molar-refractivity contribution < 1.29 is 19.0 Å². The van der Waals surface area contributed by atoms with Gasteiger partial charge in [-0.2, -0.15) is 0 Å². The van der Waals surface area contributed by atoms with E-state index >= 15 is 0 Å². The summed E-state index contributed by atoms with van der Waals surface area (Å²) in [6, 6.07) is 7.64. The summed E-state index contributed by atoms with van der Waals surface area (Å²) in [6.07, 6.45) is 1.46. The third kappa shape index (κ3) is 2.58. The second-order valence-electron chi connectivity index (χ2n) is 6.04. The molecule has 3 heterocycles. The smallest absolute Gasteiger partial charge is 0.270 e. The average molecular weight is 316 g/mol. The van der Waals surface area contributed by atoms with Gasteiger partial charge in [-0.25, -0.2) is 0 Å². The van der Waals surface area contributed by atoms with Crippen molar-refractivity contribution in [3.8, 4) is 5.75 Å². The van der Waals surface area contributed by atoms with Gasteiger partial charge in [0.15, 0.2) is 5.79 Å². The fraction of sp³-hybridized carbons (Fsp3) is 0.471. The number of aromatic nitrogens is 1. The van der Waals surface area contributed by atoms with Gasteiger partial charge in [-0.05, 0) is 18.2 Å². The number of H-pyrrole nitrogens is 1. The van der Waals surface area contributed by atoms with Crippen molar-refractivity contribution in [2.45, 2.75) is 18.6 Å². The average Bonchev–Trinajstić information content (AvgIpc) is 3.21. The molecule has 1 spiro atoms. The van der Waals surface area contributed by atoms with E-state index in [1.165, 1.54) is 0 Å². The Morgan fingerprint density at radius 3 is 2.65 bits per heavy atom. The first-order valence-corrected chi connectivity index (χ1v) is 7.93. The molecule has 2 aliphatic rings. The van der Waals surface area contributed by atoms with E-state index in [1.54, 1.807) is 7.11 Å². The zero-order valence-corrected chi connectivity index (χ0v) is 13.1. The number of fused-ring (bicyclic) bond motifs is 1. The normalized spacial score (nSPS) is 20.3. The zero-order chi connectivity index (χ0) is 15.9. The quantitative estimate of drug-likeness (QED) is 0.922. The van der Waals surface area contributed by atoms with Gasteiger partial charge >= 0.3 is 0 Å². The minimum absolute atomic E-state index is 0.0213. The maximum Gasteiger partial charge on any atom is 0.270 e. The van der Waals surface area contributed by atoms with Crippen LogP contribution in [-0.4, -0.2) is 55.0 Å². The number of carbonyl (C=O) groups excluding carboxylic acids is 1. The van der Waals surface area contributed by atoms with Gasteiger partial charge in [-0.3, -0.25) is 4.79 Å². The summed E-state index contributed by atoms with van der Waals surface area (Å²) >= 11 is 0. The molecule has 0 aliphatic carbocycles. The van der Waals surface area contributed by atoms with E-state index in [9.17, 15) is 4.79 Å². The van der Waals surface area contributed by atoms with E-state index in [4.69, 9.17) is 14.2 Å². The van der Waals surface area contributed by atoms with Crippen molar-refractivity contribution in [3.05, 3.63) is 30.0 Å². The minimum Gasteiger partial charge on any atom is -0.497 e. The van der Waals surface area contributed by atoms with E-state index in [-0.39, 0.29) is 5.91 Å². The third-order valence-electron chi connectivity index (χ3n) is 4.69. The Kier molecular flexibility index (Phi) is 3.50. The molecule has 1 aromatic carbocycles. The van der Waals surface area contributed by atoms with Crippen LogP contribution in [0.2, 0.25) is 0 Å². The molecule has 2 aromatic rings. The lowest BCUT2D eigenvalue weighted by Crippen LogP contribution is -2.47. The highest BCUT2D eigenvalue weighted by molar-refractivity contribution is 5.98. The summed E-state index contributed by atoms with van der Waals surface area (Å²) in [5, 5.41) is 1.00. The van der Waals surface area contributed by atoms with Crippen molar-refractivity contribution in [2.75, 3.05) is 33.4 Å². The van der Waals surface area contributed by atoms with Crippen molar-refractivity contribution in [1.82, 2.24) is 9.88 Å². The number of nitrogens with one attached hydrogen (secondary N) is 1. The summed E-state index contributed by atoms with van der Waals surface area (Å²) in [5.74, 6) is 0.340. The Hall–Kier alpha value is -2.05. The topological polar surface area (TPSA) is 63.8 Å². The largest absolute Gasteiger partial charge is 0.497 e. The van der Waals surface area contributed by atoms with E-state index in [0.29, 0.717) is 32.0 Å². The molecule has 122 valence electrons. The van der Waals surface area contributed by atoms with Crippen molar-refractivity contribution in [3.63, 3.8) is 0 Å². The van der Waals surface area contributed by atoms with Crippen LogP contribution in [0.15, 0.2) is 24.3 Å². The van der Waals surface area contributed by atoms with E-state index in [2.05, 4.69) is 4.98 Å². The number of aromatic amines is 1. The fourth-order valence-corrected chi connectivity index (χ4v) is 3.35. The summed E-state index contributed by atoms with van der Waals surface area (Å²) in [5.41, 5.74) is 1.51. The standard InChI is InChI=1S/C17H20N2O4/c1-21-13-3-2-12-10-15(18-14(12)11-13)16(20)19-6-4-17(5-7-19)22-8-9-23-17/h2-3,10-11,18H,4-9H2,1H3. The SMILES string of the molecule is COc1ccc2cc(C(=O)N3CCC4(CC3)OCCO4)[nH]c2c1. The van der Waals surface area contributed by atoms with E-state index < -0.39 is 5.79 Å². The van der Waals surface area contributed by atoms with Crippen LogP contribution >= 0.6 is 0 Å². The third-order valence-corrected chi connectivity index (χ3v) is 4.69. The first-order chi connectivity index (χ1) is 11.2. The van der Waals surface area contributed by atoms with E-state index in [1.807, 2.05) is 29.2 Å². The number of rotatable bonds is 2. The molecule has 6 heteroatoms. The number of carbonyl (C=O) groups is 1. The number of likely N-dealkylation sites (tertiary alicyclic amines) is 1. The van der Waals surface area contributed by atoms with Gasteiger partial charge in [0.25, 0.3) is 5.91 Å².